The minimum atomic E-state index is -0.588. The van der Waals surface area contributed by atoms with E-state index in [1.165, 1.54) is 0 Å². The molecule has 4 atom stereocenters. The highest BCUT2D eigenvalue weighted by Gasteiger charge is 2.35. The second-order valence-corrected chi connectivity index (χ2v) is 7.13. The van der Waals surface area contributed by atoms with Gasteiger partial charge in [0.25, 0.3) is 0 Å². The van der Waals surface area contributed by atoms with E-state index in [1.807, 2.05) is 0 Å². The lowest BCUT2D eigenvalue weighted by molar-refractivity contribution is 0.0406. The van der Waals surface area contributed by atoms with E-state index >= 15 is 0 Å². The lowest BCUT2D eigenvalue weighted by Gasteiger charge is -2.37. The maximum absolute atomic E-state index is 6.26. The summed E-state index contributed by atoms with van der Waals surface area (Å²) in [6, 6.07) is 0.837. The Morgan fingerprint density at radius 2 is 1.89 bits per heavy atom. The fourth-order valence-electron chi connectivity index (χ4n) is 2.72. The SMILES string of the molecule is [B]C1CC(OP(C)N(C(C)C)C(C)C)C(CC)O1. The van der Waals surface area contributed by atoms with Crippen LogP contribution in [0.1, 0.15) is 47.5 Å². The summed E-state index contributed by atoms with van der Waals surface area (Å²) in [7, 11) is 5.27. The largest absolute Gasteiger partial charge is 0.382 e. The summed E-state index contributed by atoms with van der Waals surface area (Å²) in [5.74, 6) is 0. The first-order valence-electron chi connectivity index (χ1n) is 6.96. The van der Waals surface area contributed by atoms with Crippen LogP contribution >= 0.6 is 8.30 Å². The predicted molar refractivity (Wildman–Crippen MR) is 79.2 cm³/mol. The van der Waals surface area contributed by atoms with Crippen molar-refractivity contribution in [3.63, 3.8) is 0 Å². The van der Waals surface area contributed by atoms with E-state index in [4.69, 9.17) is 17.1 Å². The van der Waals surface area contributed by atoms with Crippen LogP contribution in [0.3, 0.4) is 0 Å². The molecule has 0 aromatic carbocycles. The fraction of sp³-hybridized carbons (Fsp3) is 1.00. The van der Waals surface area contributed by atoms with E-state index in [9.17, 15) is 0 Å². The molecular weight excluding hydrogens is 244 g/mol. The van der Waals surface area contributed by atoms with Gasteiger partial charge in [-0.2, -0.15) is 0 Å². The molecule has 1 saturated heterocycles. The van der Waals surface area contributed by atoms with Gasteiger partial charge in [0.1, 0.15) is 16.1 Å². The molecule has 0 aromatic rings. The molecule has 0 saturated carbocycles. The molecule has 0 N–H and O–H groups in total. The summed E-state index contributed by atoms with van der Waals surface area (Å²) >= 11 is 0. The van der Waals surface area contributed by atoms with Crippen molar-refractivity contribution >= 4 is 16.1 Å². The first kappa shape index (κ1) is 16.4. The first-order chi connectivity index (χ1) is 8.36. The van der Waals surface area contributed by atoms with Gasteiger partial charge in [0.05, 0.1) is 12.2 Å². The normalized spacial score (nSPS) is 30.6. The number of hydrogen-bond donors (Lipinski definition) is 0. The maximum atomic E-state index is 6.26. The van der Waals surface area contributed by atoms with Gasteiger partial charge in [-0.1, -0.05) is 6.92 Å². The Labute approximate surface area is 115 Å². The van der Waals surface area contributed by atoms with E-state index < -0.39 is 8.30 Å². The third-order valence-corrected chi connectivity index (χ3v) is 5.45. The zero-order valence-electron chi connectivity index (χ0n) is 12.6. The molecule has 0 bridgehead atoms. The summed E-state index contributed by atoms with van der Waals surface area (Å²) in [5.41, 5.74) is 0. The Morgan fingerprint density at radius 1 is 1.33 bits per heavy atom. The van der Waals surface area contributed by atoms with E-state index in [2.05, 4.69) is 46.0 Å². The molecule has 2 radical (unpaired) electrons. The van der Waals surface area contributed by atoms with Gasteiger partial charge in [0, 0.05) is 18.1 Å². The van der Waals surface area contributed by atoms with Crippen LogP contribution in [-0.2, 0) is 9.26 Å². The molecule has 0 aliphatic carbocycles. The van der Waals surface area contributed by atoms with E-state index in [-0.39, 0.29) is 18.2 Å². The van der Waals surface area contributed by atoms with Crippen LogP contribution < -0.4 is 0 Å². The molecule has 1 aliphatic rings. The Kier molecular flexibility index (Phi) is 6.60. The standard InChI is InChI=1S/C13H27BNO2P/c1-7-11-12(8-13(14)16-11)17-18(6)15(9(2)3)10(4)5/h9-13H,7-8H2,1-6H3. The second-order valence-electron chi connectivity index (χ2n) is 5.53. The summed E-state index contributed by atoms with van der Waals surface area (Å²) in [6.07, 6.45) is 2.09. The van der Waals surface area contributed by atoms with Crippen LogP contribution in [0.15, 0.2) is 0 Å². The predicted octanol–water partition coefficient (Wildman–Crippen LogP) is 3.13. The highest BCUT2D eigenvalue weighted by atomic mass is 31.2. The average Bonchev–Trinajstić information content (AvgIpc) is 2.57. The topological polar surface area (TPSA) is 21.7 Å². The van der Waals surface area contributed by atoms with Crippen molar-refractivity contribution < 1.29 is 9.26 Å². The van der Waals surface area contributed by atoms with Crippen LogP contribution in [0, 0.1) is 0 Å². The van der Waals surface area contributed by atoms with Crippen molar-refractivity contribution in [1.82, 2.24) is 4.67 Å². The monoisotopic (exact) mass is 271 g/mol. The van der Waals surface area contributed by atoms with Gasteiger partial charge in [-0.25, -0.2) is 0 Å². The van der Waals surface area contributed by atoms with Gasteiger partial charge in [0.2, 0.25) is 0 Å². The smallest absolute Gasteiger partial charge is 0.109 e. The Bertz CT molecular complexity index is 245. The maximum Gasteiger partial charge on any atom is 0.109 e. The van der Waals surface area contributed by atoms with Crippen LogP contribution in [-0.4, -0.2) is 49.5 Å². The molecule has 1 heterocycles. The molecule has 5 heteroatoms. The molecule has 0 amide bonds. The molecular formula is C13H27BNO2P. The highest BCUT2D eigenvalue weighted by molar-refractivity contribution is 7.49. The average molecular weight is 271 g/mol. The summed E-state index contributed by atoms with van der Waals surface area (Å²) < 4.78 is 14.4. The van der Waals surface area contributed by atoms with Crippen LogP contribution in [0.2, 0.25) is 0 Å². The summed E-state index contributed by atoms with van der Waals surface area (Å²) in [6.45, 7) is 13.2. The van der Waals surface area contributed by atoms with Gasteiger partial charge in [-0.3, -0.25) is 4.67 Å². The van der Waals surface area contributed by atoms with Gasteiger partial charge in [-0.05, 0) is 47.2 Å². The van der Waals surface area contributed by atoms with Crippen molar-refractivity contribution in [3.8, 4) is 0 Å². The molecule has 104 valence electrons. The van der Waals surface area contributed by atoms with Crippen molar-refractivity contribution in [2.24, 2.45) is 0 Å². The molecule has 0 spiro atoms. The van der Waals surface area contributed by atoms with Crippen molar-refractivity contribution in [2.75, 3.05) is 6.66 Å². The number of rotatable bonds is 6. The Hall–Kier alpha value is 0.375. The van der Waals surface area contributed by atoms with E-state index in [1.54, 1.807) is 0 Å². The number of nitrogens with zero attached hydrogens (tertiary/aromatic N) is 1. The Balaban J connectivity index is 2.59. The quantitative estimate of drug-likeness (QED) is 0.547. The van der Waals surface area contributed by atoms with Crippen LogP contribution in [0.5, 0.6) is 0 Å². The van der Waals surface area contributed by atoms with Gasteiger partial charge in [-0.15, -0.1) is 0 Å². The minimum Gasteiger partial charge on any atom is -0.382 e. The lowest BCUT2D eigenvalue weighted by atomic mass is 9.96. The third-order valence-electron chi connectivity index (χ3n) is 3.30. The molecule has 1 fully saturated rings. The third kappa shape index (κ3) is 4.20. The zero-order chi connectivity index (χ0) is 13.9. The van der Waals surface area contributed by atoms with Crippen molar-refractivity contribution in [1.29, 1.82) is 0 Å². The molecule has 3 nitrogen and oxygen atoms in total. The summed E-state index contributed by atoms with van der Waals surface area (Å²) in [5, 5.41) is 0. The highest BCUT2D eigenvalue weighted by Crippen LogP contribution is 2.44. The number of hydrogen-bond acceptors (Lipinski definition) is 3. The lowest BCUT2D eigenvalue weighted by Crippen LogP contribution is -2.34. The van der Waals surface area contributed by atoms with Gasteiger partial charge < -0.3 is 9.26 Å². The number of ether oxygens (including phenoxy) is 1. The second kappa shape index (κ2) is 7.24. The zero-order valence-corrected chi connectivity index (χ0v) is 13.5. The van der Waals surface area contributed by atoms with Crippen LogP contribution in [0.4, 0.5) is 0 Å². The van der Waals surface area contributed by atoms with Crippen molar-refractivity contribution in [3.05, 3.63) is 0 Å². The summed E-state index contributed by atoms with van der Waals surface area (Å²) in [4.78, 5) is 0. The molecule has 0 aromatic heterocycles. The van der Waals surface area contributed by atoms with Crippen LogP contribution in [0.25, 0.3) is 0 Å². The van der Waals surface area contributed by atoms with Gasteiger partial charge in [0.15, 0.2) is 0 Å². The van der Waals surface area contributed by atoms with E-state index in [0.717, 1.165) is 12.8 Å². The molecule has 4 unspecified atom stereocenters. The Morgan fingerprint density at radius 3 is 2.33 bits per heavy atom. The van der Waals surface area contributed by atoms with Gasteiger partial charge >= 0.3 is 0 Å². The molecule has 1 aliphatic heterocycles. The fourth-order valence-corrected chi connectivity index (χ4v) is 4.74. The first-order valence-corrected chi connectivity index (χ1v) is 8.62. The minimum absolute atomic E-state index is 0.154. The molecule has 18 heavy (non-hydrogen) atoms. The van der Waals surface area contributed by atoms with E-state index in [0.29, 0.717) is 12.1 Å². The van der Waals surface area contributed by atoms with Crippen molar-refractivity contribution in [2.45, 2.75) is 77.8 Å². The molecule has 1 rings (SSSR count).